The van der Waals surface area contributed by atoms with E-state index < -0.39 is 0 Å². The number of nitrogens with two attached hydrogens (primary N) is 1. The Bertz CT molecular complexity index is 456. The summed E-state index contributed by atoms with van der Waals surface area (Å²) in [4.78, 5) is 2.51. The zero-order valence-electron chi connectivity index (χ0n) is 13.0. The molecule has 0 spiro atoms. The molecule has 0 bridgehead atoms. The molecule has 2 nitrogen and oxygen atoms in total. The van der Waals surface area contributed by atoms with E-state index in [2.05, 4.69) is 59.8 Å². The summed E-state index contributed by atoms with van der Waals surface area (Å²) >= 11 is 3.75. The van der Waals surface area contributed by atoms with Crippen LogP contribution in [0.25, 0.3) is 0 Å². The van der Waals surface area contributed by atoms with Crippen molar-refractivity contribution in [3.05, 3.63) is 28.2 Å². The van der Waals surface area contributed by atoms with Crippen LogP contribution in [-0.2, 0) is 6.42 Å². The van der Waals surface area contributed by atoms with Crippen LogP contribution >= 0.6 is 15.9 Å². The van der Waals surface area contributed by atoms with Crippen molar-refractivity contribution in [3.63, 3.8) is 0 Å². The molecule has 1 aromatic rings. The van der Waals surface area contributed by atoms with Crippen LogP contribution in [0.3, 0.4) is 0 Å². The van der Waals surface area contributed by atoms with E-state index in [1.165, 1.54) is 28.6 Å². The average molecular weight is 339 g/mol. The first-order valence-corrected chi connectivity index (χ1v) is 8.49. The van der Waals surface area contributed by atoms with Crippen molar-refractivity contribution in [1.82, 2.24) is 0 Å². The predicted octanol–water partition coefficient (Wildman–Crippen LogP) is 4.36. The maximum Gasteiger partial charge on any atom is 0.0511 e. The van der Waals surface area contributed by atoms with E-state index in [1.807, 2.05) is 0 Å². The van der Waals surface area contributed by atoms with Crippen LogP contribution in [0.1, 0.15) is 45.6 Å². The Kier molecular flexibility index (Phi) is 5.14. The van der Waals surface area contributed by atoms with Crippen LogP contribution < -0.4 is 10.6 Å². The minimum absolute atomic E-state index is 0.265. The van der Waals surface area contributed by atoms with Crippen molar-refractivity contribution in [1.29, 1.82) is 0 Å². The van der Waals surface area contributed by atoms with Gasteiger partial charge in [-0.05, 0) is 64.7 Å². The number of piperidine rings is 1. The quantitative estimate of drug-likeness (QED) is 0.883. The number of benzene rings is 1. The van der Waals surface area contributed by atoms with Crippen LogP contribution in [0.15, 0.2) is 22.7 Å². The maximum atomic E-state index is 6.05. The Labute approximate surface area is 131 Å². The lowest BCUT2D eigenvalue weighted by Gasteiger charge is -2.40. The molecular formula is C17H27BrN2. The third kappa shape index (κ3) is 3.98. The minimum Gasteiger partial charge on any atom is -0.370 e. The molecule has 0 radical (unpaired) electrons. The first kappa shape index (κ1) is 15.8. The van der Waals surface area contributed by atoms with Gasteiger partial charge in [0.1, 0.15) is 0 Å². The molecule has 1 heterocycles. The van der Waals surface area contributed by atoms with Crippen molar-refractivity contribution in [2.24, 2.45) is 11.1 Å². The van der Waals surface area contributed by atoms with Crippen LogP contribution in [0.5, 0.6) is 0 Å². The van der Waals surface area contributed by atoms with Crippen molar-refractivity contribution in [3.8, 4) is 0 Å². The van der Waals surface area contributed by atoms with E-state index in [1.54, 1.807) is 0 Å². The first-order chi connectivity index (χ1) is 9.41. The molecule has 20 heavy (non-hydrogen) atoms. The lowest BCUT2D eigenvalue weighted by atomic mass is 9.84. The third-order valence-electron chi connectivity index (χ3n) is 4.28. The monoisotopic (exact) mass is 338 g/mol. The highest BCUT2D eigenvalue weighted by atomic mass is 79.9. The fourth-order valence-corrected chi connectivity index (χ4v) is 3.69. The minimum atomic E-state index is 0.265. The lowest BCUT2D eigenvalue weighted by molar-refractivity contribution is 0.293. The van der Waals surface area contributed by atoms with Gasteiger partial charge in [-0.15, -0.1) is 0 Å². The smallest absolute Gasteiger partial charge is 0.0511 e. The van der Waals surface area contributed by atoms with Gasteiger partial charge < -0.3 is 10.6 Å². The van der Waals surface area contributed by atoms with E-state index >= 15 is 0 Å². The Hall–Kier alpha value is -0.540. The van der Waals surface area contributed by atoms with Crippen molar-refractivity contribution in [2.45, 2.75) is 52.5 Å². The largest absolute Gasteiger partial charge is 0.370 e. The van der Waals surface area contributed by atoms with Crippen molar-refractivity contribution < 1.29 is 0 Å². The third-order valence-corrected chi connectivity index (χ3v) is 4.91. The molecule has 1 aliphatic heterocycles. The van der Waals surface area contributed by atoms with Crippen LogP contribution in [0.2, 0.25) is 0 Å². The van der Waals surface area contributed by atoms with Crippen LogP contribution in [-0.4, -0.2) is 19.1 Å². The number of nitrogens with zero attached hydrogens (tertiary/aromatic N) is 1. The van der Waals surface area contributed by atoms with Gasteiger partial charge in [0.15, 0.2) is 0 Å². The summed E-state index contributed by atoms with van der Waals surface area (Å²) in [6.45, 7) is 9.17. The van der Waals surface area contributed by atoms with Gasteiger partial charge in [0.05, 0.1) is 5.69 Å². The zero-order valence-corrected chi connectivity index (χ0v) is 14.5. The molecule has 1 unspecified atom stereocenters. The molecule has 1 atom stereocenters. The highest BCUT2D eigenvalue weighted by Gasteiger charge is 2.27. The topological polar surface area (TPSA) is 29.3 Å². The average Bonchev–Trinajstić information content (AvgIpc) is 2.37. The second kappa shape index (κ2) is 6.48. The fraction of sp³-hybridized carbons (Fsp3) is 0.647. The normalized spacial score (nSPS) is 19.9. The van der Waals surface area contributed by atoms with E-state index in [0.717, 1.165) is 25.9 Å². The molecule has 0 aromatic heterocycles. The Balaban J connectivity index is 2.13. The van der Waals surface area contributed by atoms with E-state index in [0.29, 0.717) is 5.41 Å². The van der Waals surface area contributed by atoms with Gasteiger partial charge in [0.25, 0.3) is 0 Å². The molecule has 3 heteroatoms. The van der Waals surface area contributed by atoms with Gasteiger partial charge in [-0.3, -0.25) is 0 Å². The Morgan fingerprint density at radius 3 is 2.75 bits per heavy atom. The van der Waals surface area contributed by atoms with E-state index in [4.69, 9.17) is 5.73 Å². The van der Waals surface area contributed by atoms with E-state index in [-0.39, 0.29) is 6.04 Å². The summed E-state index contributed by atoms with van der Waals surface area (Å²) in [5.74, 6) is 0. The number of rotatable bonds is 4. The predicted molar refractivity (Wildman–Crippen MR) is 91.3 cm³/mol. The summed E-state index contributed by atoms with van der Waals surface area (Å²) in [6.07, 6.45) is 4.59. The molecule has 112 valence electrons. The van der Waals surface area contributed by atoms with Gasteiger partial charge >= 0.3 is 0 Å². The zero-order chi connectivity index (χ0) is 14.8. The molecule has 0 saturated carbocycles. The van der Waals surface area contributed by atoms with Gasteiger partial charge in [-0.2, -0.15) is 0 Å². The van der Waals surface area contributed by atoms with E-state index in [9.17, 15) is 0 Å². The molecule has 2 rings (SSSR count). The number of hydrogen-bond acceptors (Lipinski definition) is 2. The molecule has 2 N–H and O–H groups in total. The number of hydrogen-bond donors (Lipinski definition) is 1. The molecule has 0 aliphatic carbocycles. The summed E-state index contributed by atoms with van der Waals surface area (Å²) in [7, 11) is 0. The summed E-state index contributed by atoms with van der Waals surface area (Å²) < 4.78 is 1.20. The fourth-order valence-electron chi connectivity index (χ4n) is 3.01. The second-order valence-electron chi connectivity index (χ2n) is 6.85. The first-order valence-electron chi connectivity index (χ1n) is 7.70. The maximum absolute atomic E-state index is 6.05. The van der Waals surface area contributed by atoms with Crippen LogP contribution in [0, 0.1) is 5.41 Å². The summed E-state index contributed by atoms with van der Waals surface area (Å²) in [5, 5.41) is 0. The molecule has 1 saturated heterocycles. The van der Waals surface area contributed by atoms with Gasteiger partial charge in [0, 0.05) is 23.6 Å². The lowest BCUT2D eigenvalue weighted by Crippen LogP contribution is -2.40. The highest BCUT2D eigenvalue weighted by Crippen LogP contribution is 2.35. The SMILES string of the molecule is CCC(N)Cc1ccc(N2CCCC(C)(C)C2)c(Br)c1. The number of anilines is 1. The molecular weight excluding hydrogens is 312 g/mol. The molecule has 1 fully saturated rings. The summed E-state index contributed by atoms with van der Waals surface area (Å²) in [5.41, 5.74) is 9.11. The highest BCUT2D eigenvalue weighted by molar-refractivity contribution is 9.10. The van der Waals surface area contributed by atoms with Crippen molar-refractivity contribution in [2.75, 3.05) is 18.0 Å². The molecule has 1 aromatic carbocycles. The Morgan fingerprint density at radius 2 is 2.15 bits per heavy atom. The number of halogens is 1. The summed E-state index contributed by atoms with van der Waals surface area (Å²) in [6, 6.07) is 6.99. The Morgan fingerprint density at radius 1 is 1.40 bits per heavy atom. The standard InChI is InChI=1S/C17H27BrN2/c1-4-14(19)10-13-6-7-16(15(18)11-13)20-9-5-8-17(2,3)12-20/h6-7,11,14H,4-5,8-10,12,19H2,1-3H3. The molecule has 1 aliphatic rings. The van der Waals surface area contributed by atoms with Gasteiger partial charge in [0.2, 0.25) is 0 Å². The van der Waals surface area contributed by atoms with Crippen molar-refractivity contribution >= 4 is 21.6 Å². The van der Waals surface area contributed by atoms with Gasteiger partial charge in [-0.1, -0.05) is 26.8 Å². The van der Waals surface area contributed by atoms with Gasteiger partial charge in [-0.25, -0.2) is 0 Å². The van der Waals surface area contributed by atoms with Crippen LogP contribution in [0.4, 0.5) is 5.69 Å². The molecule has 0 amide bonds. The second-order valence-corrected chi connectivity index (χ2v) is 7.70.